The lowest BCUT2D eigenvalue weighted by molar-refractivity contribution is 0.0946. The summed E-state index contributed by atoms with van der Waals surface area (Å²) < 4.78 is 0. The molecule has 0 saturated carbocycles. The SMILES string of the molecule is CN(C)CCNC(=O)c1cc(C(=O)Nc2ccc(N3CCCCC3)cc2)ccn1. The monoisotopic (exact) mass is 395 g/mol. The number of amides is 2. The zero-order chi connectivity index (χ0) is 20.6. The minimum Gasteiger partial charge on any atom is -0.372 e. The summed E-state index contributed by atoms with van der Waals surface area (Å²) in [6.45, 7) is 3.43. The average Bonchev–Trinajstić information content (AvgIpc) is 2.74. The molecule has 0 radical (unpaired) electrons. The quantitative estimate of drug-likeness (QED) is 0.754. The van der Waals surface area contributed by atoms with E-state index in [1.807, 2.05) is 43.3 Å². The van der Waals surface area contributed by atoms with Crippen LogP contribution in [0.15, 0.2) is 42.6 Å². The molecule has 7 heteroatoms. The summed E-state index contributed by atoms with van der Waals surface area (Å²) in [6, 6.07) is 11.0. The molecular formula is C22H29N5O2. The normalized spacial score (nSPS) is 14.0. The van der Waals surface area contributed by atoms with Crippen LogP contribution in [0.25, 0.3) is 0 Å². The number of likely N-dealkylation sites (N-methyl/N-ethyl adjacent to an activating group) is 1. The molecule has 0 spiro atoms. The summed E-state index contributed by atoms with van der Waals surface area (Å²) in [6.07, 6.45) is 5.23. The van der Waals surface area contributed by atoms with Crippen molar-refractivity contribution in [2.24, 2.45) is 0 Å². The number of hydrogen-bond donors (Lipinski definition) is 2. The van der Waals surface area contributed by atoms with Gasteiger partial charge >= 0.3 is 0 Å². The van der Waals surface area contributed by atoms with Crippen molar-refractivity contribution in [1.29, 1.82) is 0 Å². The molecule has 29 heavy (non-hydrogen) atoms. The van der Waals surface area contributed by atoms with Crippen LogP contribution in [0, 0.1) is 0 Å². The fourth-order valence-electron chi connectivity index (χ4n) is 3.29. The lowest BCUT2D eigenvalue weighted by Crippen LogP contribution is -2.32. The first-order valence-corrected chi connectivity index (χ1v) is 10.1. The van der Waals surface area contributed by atoms with Crippen molar-refractivity contribution in [2.45, 2.75) is 19.3 Å². The van der Waals surface area contributed by atoms with Crippen LogP contribution in [0.5, 0.6) is 0 Å². The first kappa shape index (κ1) is 20.8. The Morgan fingerprint density at radius 3 is 2.45 bits per heavy atom. The van der Waals surface area contributed by atoms with Gasteiger partial charge in [0, 0.05) is 49.3 Å². The van der Waals surface area contributed by atoms with Crippen molar-refractivity contribution >= 4 is 23.2 Å². The number of anilines is 2. The molecule has 0 unspecified atom stereocenters. The highest BCUT2D eigenvalue weighted by Gasteiger charge is 2.13. The zero-order valence-corrected chi connectivity index (χ0v) is 17.1. The topological polar surface area (TPSA) is 77.6 Å². The summed E-state index contributed by atoms with van der Waals surface area (Å²) in [5.41, 5.74) is 2.54. The number of carbonyl (C=O) groups is 2. The van der Waals surface area contributed by atoms with Crippen LogP contribution >= 0.6 is 0 Å². The first-order chi connectivity index (χ1) is 14.0. The fraction of sp³-hybridized carbons (Fsp3) is 0.409. The number of pyridine rings is 1. The van der Waals surface area contributed by atoms with Gasteiger partial charge < -0.3 is 20.4 Å². The molecule has 2 aromatic rings. The van der Waals surface area contributed by atoms with E-state index in [2.05, 4.69) is 20.5 Å². The Labute approximate surface area is 172 Å². The Morgan fingerprint density at radius 2 is 1.76 bits per heavy atom. The smallest absolute Gasteiger partial charge is 0.269 e. The molecule has 2 N–H and O–H groups in total. The van der Waals surface area contributed by atoms with E-state index in [1.165, 1.54) is 37.2 Å². The predicted octanol–water partition coefficient (Wildman–Crippen LogP) is 2.62. The number of aromatic nitrogens is 1. The summed E-state index contributed by atoms with van der Waals surface area (Å²) in [5.74, 6) is -0.548. The number of hydrogen-bond acceptors (Lipinski definition) is 5. The Kier molecular flexibility index (Phi) is 7.19. The van der Waals surface area contributed by atoms with Gasteiger partial charge in [0.05, 0.1) is 0 Å². The van der Waals surface area contributed by atoms with Crippen LogP contribution in [0.1, 0.15) is 40.1 Å². The van der Waals surface area contributed by atoms with Crippen LogP contribution in [0.3, 0.4) is 0 Å². The lowest BCUT2D eigenvalue weighted by atomic mass is 10.1. The fourth-order valence-corrected chi connectivity index (χ4v) is 3.29. The number of piperidine rings is 1. The summed E-state index contributed by atoms with van der Waals surface area (Å²) in [5, 5.41) is 5.69. The molecule has 0 bridgehead atoms. The van der Waals surface area contributed by atoms with E-state index in [4.69, 9.17) is 0 Å². The van der Waals surface area contributed by atoms with Crippen LogP contribution < -0.4 is 15.5 Å². The number of rotatable bonds is 7. The van der Waals surface area contributed by atoms with Crippen molar-refractivity contribution in [2.75, 3.05) is 50.5 Å². The number of nitrogens with zero attached hydrogens (tertiary/aromatic N) is 3. The van der Waals surface area contributed by atoms with E-state index in [0.717, 1.165) is 25.3 Å². The molecular weight excluding hydrogens is 366 g/mol. The second kappa shape index (κ2) is 10.0. The molecule has 154 valence electrons. The molecule has 1 aliphatic heterocycles. The van der Waals surface area contributed by atoms with Crippen LogP contribution in [0.4, 0.5) is 11.4 Å². The van der Waals surface area contributed by atoms with Crippen molar-refractivity contribution in [3.8, 4) is 0 Å². The Bertz CT molecular complexity index is 829. The summed E-state index contributed by atoms with van der Waals surface area (Å²) >= 11 is 0. The van der Waals surface area contributed by atoms with Gasteiger partial charge in [-0.2, -0.15) is 0 Å². The molecule has 1 saturated heterocycles. The third kappa shape index (κ3) is 6.02. The first-order valence-electron chi connectivity index (χ1n) is 10.1. The predicted molar refractivity (Wildman–Crippen MR) is 116 cm³/mol. The minimum atomic E-state index is -0.285. The maximum Gasteiger partial charge on any atom is 0.269 e. The average molecular weight is 396 g/mol. The Hall–Kier alpha value is -2.93. The van der Waals surface area contributed by atoms with Gasteiger partial charge in [0.25, 0.3) is 11.8 Å². The molecule has 1 fully saturated rings. The zero-order valence-electron chi connectivity index (χ0n) is 17.1. The molecule has 0 atom stereocenters. The number of benzene rings is 1. The molecule has 1 aliphatic rings. The molecule has 3 rings (SSSR count). The van der Waals surface area contributed by atoms with Gasteiger partial charge in [0.1, 0.15) is 5.69 Å². The van der Waals surface area contributed by atoms with E-state index >= 15 is 0 Å². The number of nitrogens with one attached hydrogen (secondary N) is 2. The summed E-state index contributed by atoms with van der Waals surface area (Å²) in [7, 11) is 3.88. The van der Waals surface area contributed by atoms with Gasteiger partial charge in [0.15, 0.2) is 0 Å². The van der Waals surface area contributed by atoms with Gasteiger partial charge in [-0.05, 0) is 69.8 Å². The Balaban J connectivity index is 1.59. The van der Waals surface area contributed by atoms with Crippen LogP contribution in [-0.2, 0) is 0 Å². The van der Waals surface area contributed by atoms with E-state index in [1.54, 1.807) is 6.07 Å². The molecule has 2 heterocycles. The second-order valence-corrected chi connectivity index (χ2v) is 7.54. The molecule has 1 aromatic carbocycles. The highest BCUT2D eigenvalue weighted by atomic mass is 16.2. The third-order valence-electron chi connectivity index (χ3n) is 4.95. The second-order valence-electron chi connectivity index (χ2n) is 7.54. The largest absolute Gasteiger partial charge is 0.372 e. The van der Waals surface area contributed by atoms with Gasteiger partial charge in [-0.25, -0.2) is 0 Å². The summed E-state index contributed by atoms with van der Waals surface area (Å²) in [4.78, 5) is 33.2. The van der Waals surface area contributed by atoms with E-state index < -0.39 is 0 Å². The van der Waals surface area contributed by atoms with E-state index in [9.17, 15) is 9.59 Å². The highest BCUT2D eigenvalue weighted by molar-refractivity contribution is 6.05. The van der Waals surface area contributed by atoms with Gasteiger partial charge in [-0.1, -0.05) is 0 Å². The van der Waals surface area contributed by atoms with E-state index in [0.29, 0.717) is 12.1 Å². The van der Waals surface area contributed by atoms with Crippen LogP contribution in [-0.4, -0.2) is 62.0 Å². The van der Waals surface area contributed by atoms with Gasteiger partial charge in [-0.3, -0.25) is 14.6 Å². The number of carbonyl (C=O) groups excluding carboxylic acids is 2. The van der Waals surface area contributed by atoms with Gasteiger partial charge in [0.2, 0.25) is 0 Å². The van der Waals surface area contributed by atoms with E-state index in [-0.39, 0.29) is 17.5 Å². The van der Waals surface area contributed by atoms with Gasteiger partial charge in [-0.15, -0.1) is 0 Å². The standard InChI is InChI=1S/C22H29N5O2/c1-26(2)15-12-24-22(29)20-16-17(10-11-23-20)21(28)25-18-6-8-19(9-7-18)27-13-4-3-5-14-27/h6-11,16H,3-5,12-15H2,1-2H3,(H,24,29)(H,25,28). The minimum absolute atomic E-state index is 0.233. The molecule has 0 aliphatic carbocycles. The van der Waals surface area contributed by atoms with Crippen molar-refractivity contribution < 1.29 is 9.59 Å². The maximum atomic E-state index is 12.6. The van der Waals surface area contributed by atoms with Crippen LogP contribution in [0.2, 0.25) is 0 Å². The van der Waals surface area contributed by atoms with Crippen molar-refractivity contribution in [3.63, 3.8) is 0 Å². The van der Waals surface area contributed by atoms with Crippen molar-refractivity contribution in [1.82, 2.24) is 15.2 Å². The molecule has 2 amide bonds. The lowest BCUT2D eigenvalue weighted by Gasteiger charge is -2.28. The molecule has 7 nitrogen and oxygen atoms in total. The molecule has 1 aromatic heterocycles. The van der Waals surface area contributed by atoms with Crippen molar-refractivity contribution in [3.05, 3.63) is 53.9 Å². The Morgan fingerprint density at radius 1 is 1.03 bits per heavy atom. The highest BCUT2D eigenvalue weighted by Crippen LogP contribution is 2.22. The maximum absolute atomic E-state index is 12.6. The third-order valence-corrected chi connectivity index (χ3v) is 4.95.